The standard InChI is InChI=1S/C54H34N4O5/c59-53(62-43-27-19-37(20-28-43)51-49(35-11-3-1-4-12-35)55-45-15-7-9-17-47(45)57-51)39-23-31-41(32-24-39)61-42-33-25-40(26-34-42)54(60)63-44-29-21-38(22-30-44)52-50(36-13-5-2-6-14-36)56-46-16-8-10-18-48(46)58-52/h1-34H. The molecule has 2 aromatic heterocycles. The van der Waals surface area contributed by atoms with Gasteiger partial charge in [-0.15, -0.1) is 0 Å². The molecule has 8 aromatic carbocycles. The van der Waals surface area contributed by atoms with Crippen LogP contribution >= 0.6 is 0 Å². The van der Waals surface area contributed by atoms with E-state index in [1.54, 1.807) is 72.8 Å². The molecule has 0 aliphatic rings. The molecule has 0 saturated carbocycles. The Morgan fingerprint density at radius 2 is 0.556 bits per heavy atom. The fourth-order valence-electron chi connectivity index (χ4n) is 7.15. The normalized spacial score (nSPS) is 11.0. The minimum absolute atomic E-state index is 0.353. The van der Waals surface area contributed by atoms with E-state index in [9.17, 15) is 9.59 Å². The van der Waals surface area contributed by atoms with Gasteiger partial charge in [-0.2, -0.15) is 0 Å². The topological polar surface area (TPSA) is 113 Å². The number of carbonyl (C=O) groups is 2. The van der Waals surface area contributed by atoms with E-state index >= 15 is 0 Å². The first-order valence-electron chi connectivity index (χ1n) is 20.2. The van der Waals surface area contributed by atoms with Gasteiger partial charge in [0.05, 0.1) is 56.0 Å². The van der Waals surface area contributed by atoms with E-state index in [0.717, 1.165) is 67.1 Å². The van der Waals surface area contributed by atoms with Crippen LogP contribution in [0.4, 0.5) is 0 Å². The zero-order chi connectivity index (χ0) is 42.5. The molecular weight excluding hydrogens is 785 g/mol. The van der Waals surface area contributed by atoms with Crippen LogP contribution in [0.3, 0.4) is 0 Å². The number of hydrogen-bond donors (Lipinski definition) is 0. The lowest BCUT2D eigenvalue weighted by Gasteiger charge is -2.11. The van der Waals surface area contributed by atoms with E-state index in [2.05, 4.69) is 0 Å². The van der Waals surface area contributed by atoms with Crippen LogP contribution in [0.1, 0.15) is 20.7 Å². The van der Waals surface area contributed by atoms with E-state index in [0.29, 0.717) is 34.1 Å². The van der Waals surface area contributed by atoms with Gasteiger partial charge in [0.25, 0.3) is 0 Å². The maximum Gasteiger partial charge on any atom is 0.343 e. The predicted octanol–water partition coefficient (Wildman–Crippen LogP) is 12.5. The average Bonchev–Trinajstić information content (AvgIpc) is 3.34. The highest BCUT2D eigenvalue weighted by Crippen LogP contribution is 2.34. The third-order valence-electron chi connectivity index (χ3n) is 10.3. The SMILES string of the molecule is O=C(Oc1ccc(-c2nc3ccccc3nc2-c2ccccc2)cc1)c1ccc(Oc2ccc(C(=O)Oc3ccc(-c4nc5ccccc5nc4-c4ccccc4)cc3)cc2)cc1. The number of para-hydroxylation sites is 4. The summed E-state index contributed by atoms with van der Waals surface area (Å²) in [6.45, 7) is 0. The van der Waals surface area contributed by atoms with Crippen LogP contribution in [-0.2, 0) is 0 Å². The van der Waals surface area contributed by atoms with Crippen LogP contribution in [-0.4, -0.2) is 31.9 Å². The van der Waals surface area contributed by atoms with Gasteiger partial charge in [-0.05, 0) is 121 Å². The van der Waals surface area contributed by atoms with Crippen molar-refractivity contribution < 1.29 is 23.8 Å². The van der Waals surface area contributed by atoms with Gasteiger partial charge in [0.2, 0.25) is 0 Å². The molecule has 9 heteroatoms. The first-order valence-corrected chi connectivity index (χ1v) is 20.2. The van der Waals surface area contributed by atoms with E-state index in [1.807, 2.05) is 133 Å². The summed E-state index contributed by atoms with van der Waals surface area (Å²) in [6, 6.07) is 63.2. The van der Waals surface area contributed by atoms with Crippen molar-refractivity contribution >= 4 is 34.0 Å². The smallest absolute Gasteiger partial charge is 0.343 e. The van der Waals surface area contributed by atoms with Crippen LogP contribution in [0, 0.1) is 0 Å². The Bertz CT molecular complexity index is 3030. The lowest BCUT2D eigenvalue weighted by molar-refractivity contribution is 0.0725. The van der Waals surface area contributed by atoms with Crippen molar-refractivity contribution in [3.05, 3.63) is 217 Å². The van der Waals surface area contributed by atoms with Gasteiger partial charge < -0.3 is 14.2 Å². The van der Waals surface area contributed by atoms with Gasteiger partial charge in [-0.1, -0.05) is 84.9 Å². The minimum Gasteiger partial charge on any atom is -0.457 e. The number of carbonyl (C=O) groups excluding carboxylic acids is 2. The monoisotopic (exact) mass is 818 g/mol. The van der Waals surface area contributed by atoms with E-state index in [4.69, 9.17) is 34.1 Å². The average molecular weight is 819 g/mol. The number of esters is 2. The molecule has 0 amide bonds. The maximum absolute atomic E-state index is 13.1. The quantitative estimate of drug-likeness (QED) is 0.0983. The Morgan fingerprint density at radius 3 is 0.873 bits per heavy atom. The molecule has 0 saturated heterocycles. The Morgan fingerprint density at radius 1 is 0.286 bits per heavy atom. The highest BCUT2D eigenvalue weighted by Gasteiger charge is 2.17. The Hall–Kier alpha value is -8.82. The van der Waals surface area contributed by atoms with Gasteiger partial charge in [0.1, 0.15) is 23.0 Å². The lowest BCUT2D eigenvalue weighted by atomic mass is 10.0. The molecule has 0 radical (unpaired) electrons. The van der Waals surface area contributed by atoms with Crippen molar-refractivity contribution in [3.8, 4) is 68.0 Å². The Labute approximate surface area is 361 Å². The van der Waals surface area contributed by atoms with Gasteiger partial charge >= 0.3 is 11.9 Å². The van der Waals surface area contributed by atoms with E-state index < -0.39 is 11.9 Å². The van der Waals surface area contributed by atoms with Gasteiger partial charge in [-0.3, -0.25) is 0 Å². The van der Waals surface area contributed by atoms with Gasteiger partial charge in [0, 0.05) is 22.3 Å². The van der Waals surface area contributed by atoms with Crippen LogP contribution in [0.15, 0.2) is 206 Å². The number of fused-ring (bicyclic) bond motifs is 2. The Kier molecular flexibility index (Phi) is 10.4. The number of aromatic nitrogens is 4. The van der Waals surface area contributed by atoms with Crippen molar-refractivity contribution in [2.45, 2.75) is 0 Å². The fraction of sp³-hybridized carbons (Fsp3) is 0. The lowest BCUT2D eigenvalue weighted by Crippen LogP contribution is -2.08. The van der Waals surface area contributed by atoms with Crippen molar-refractivity contribution in [1.29, 1.82) is 0 Å². The zero-order valence-electron chi connectivity index (χ0n) is 33.5. The van der Waals surface area contributed by atoms with Crippen LogP contribution < -0.4 is 14.2 Å². The highest BCUT2D eigenvalue weighted by atomic mass is 16.5. The summed E-state index contributed by atoms with van der Waals surface area (Å²) < 4.78 is 17.4. The molecule has 300 valence electrons. The number of nitrogens with zero attached hydrogens (tertiary/aromatic N) is 4. The van der Waals surface area contributed by atoms with Crippen LogP contribution in [0.5, 0.6) is 23.0 Å². The molecule has 0 aliphatic heterocycles. The number of hydrogen-bond acceptors (Lipinski definition) is 9. The van der Waals surface area contributed by atoms with Crippen molar-refractivity contribution in [2.24, 2.45) is 0 Å². The molecule has 0 N–H and O–H groups in total. The molecule has 0 atom stereocenters. The molecule has 2 heterocycles. The molecule has 10 aromatic rings. The second-order valence-corrected chi connectivity index (χ2v) is 14.5. The second-order valence-electron chi connectivity index (χ2n) is 14.5. The third-order valence-corrected chi connectivity index (χ3v) is 10.3. The van der Waals surface area contributed by atoms with Gasteiger partial charge in [-0.25, -0.2) is 29.5 Å². The summed E-state index contributed by atoms with van der Waals surface area (Å²) in [6.07, 6.45) is 0. The van der Waals surface area contributed by atoms with E-state index in [1.165, 1.54) is 0 Å². The third kappa shape index (κ3) is 8.35. The molecule has 0 bridgehead atoms. The summed E-state index contributed by atoms with van der Waals surface area (Å²) in [5, 5.41) is 0. The summed E-state index contributed by atoms with van der Waals surface area (Å²) in [5.41, 5.74) is 10.5. The molecule has 10 rings (SSSR count). The summed E-state index contributed by atoms with van der Waals surface area (Å²) in [7, 11) is 0. The molecule has 9 nitrogen and oxygen atoms in total. The Balaban J connectivity index is 0.765. The molecular formula is C54H34N4O5. The number of ether oxygens (including phenoxy) is 3. The molecule has 0 spiro atoms. The maximum atomic E-state index is 13.1. The largest absolute Gasteiger partial charge is 0.457 e. The van der Waals surface area contributed by atoms with Crippen LogP contribution in [0.2, 0.25) is 0 Å². The first kappa shape index (κ1) is 38.4. The predicted molar refractivity (Wildman–Crippen MR) is 244 cm³/mol. The minimum atomic E-state index is -0.512. The fourth-order valence-corrected chi connectivity index (χ4v) is 7.15. The highest BCUT2D eigenvalue weighted by molar-refractivity contribution is 5.93. The molecule has 0 aliphatic carbocycles. The van der Waals surface area contributed by atoms with Gasteiger partial charge in [0.15, 0.2) is 0 Å². The molecule has 0 unspecified atom stereocenters. The van der Waals surface area contributed by atoms with Crippen molar-refractivity contribution in [2.75, 3.05) is 0 Å². The summed E-state index contributed by atoms with van der Waals surface area (Å²) >= 11 is 0. The van der Waals surface area contributed by atoms with E-state index in [-0.39, 0.29) is 0 Å². The van der Waals surface area contributed by atoms with Crippen molar-refractivity contribution in [3.63, 3.8) is 0 Å². The second kappa shape index (κ2) is 17.0. The zero-order valence-corrected chi connectivity index (χ0v) is 33.5. The molecule has 0 fully saturated rings. The number of rotatable bonds is 10. The molecule has 63 heavy (non-hydrogen) atoms. The number of benzene rings is 8. The first-order chi connectivity index (χ1) is 31.0. The van der Waals surface area contributed by atoms with Crippen molar-refractivity contribution in [1.82, 2.24) is 19.9 Å². The van der Waals surface area contributed by atoms with Crippen LogP contribution in [0.25, 0.3) is 67.1 Å². The summed E-state index contributed by atoms with van der Waals surface area (Å²) in [5.74, 6) is 0.765. The summed E-state index contributed by atoms with van der Waals surface area (Å²) in [4.78, 5) is 46.0.